The van der Waals surface area contributed by atoms with Gasteiger partial charge < -0.3 is 1.43 Å². The second-order valence-electron chi connectivity index (χ2n) is 3.38. The third-order valence-corrected chi connectivity index (χ3v) is 3.36. The van der Waals surface area contributed by atoms with Gasteiger partial charge in [-0.05, 0) is 10.9 Å². The molecule has 0 unspecified atom stereocenters. The van der Waals surface area contributed by atoms with Gasteiger partial charge in [0.05, 0.1) is 0 Å². The largest absolute Gasteiger partial charge is 1.00 e. The van der Waals surface area contributed by atoms with Crippen molar-refractivity contribution in [2.24, 2.45) is 0 Å². The summed E-state index contributed by atoms with van der Waals surface area (Å²) in [5.41, 5.74) is 0.404. The first-order valence-corrected chi connectivity index (χ1v) is 6.10. The zero-order chi connectivity index (χ0) is 11.8. The molecule has 0 bridgehead atoms. The molecule has 0 saturated carbocycles. The van der Waals surface area contributed by atoms with Crippen LogP contribution in [0.1, 0.15) is 6.99 Å². The molecule has 2 rings (SSSR count). The van der Waals surface area contributed by atoms with Crippen LogP contribution in [-0.2, 0) is 10.1 Å². The molecule has 2 aromatic carbocycles. The Kier molecular flexibility index (Phi) is 4.52. The zero-order valence-corrected chi connectivity index (χ0v) is 12.2. The molecule has 0 aliphatic carbocycles. The maximum Gasteiger partial charge on any atom is 1.00 e. The Morgan fingerprint density at radius 2 is 1.82 bits per heavy atom. The van der Waals surface area contributed by atoms with Gasteiger partial charge in [0.1, 0.15) is 4.90 Å². The van der Waals surface area contributed by atoms with Gasteiger partial charge in [-0.2, -0.15) is 8.42 Å². The van der Waals surface area contributed by atoms with E-state index in [1.54, 1.807) is 30.3 Å². The number of benzene rings is 2. The Balaban J connectivity index is 0.00000144. The van der Waals surface area contributed by atoms with Crippen LogP contribution < -0.4 is 29.6 Å². The molecule has 0 aromatic heterocycles. The van der Waals surface area contributed by atoms with Gasteiger partial charge in [-0.1, -0.05) is 49.1 Å². The minimum absolute atomic E-state index is 0. The molecule has 0 radical (unpaired) electrons. The molecule has 0 heterocycles. The van der Waals surface area contributed by atoms with E-state index in [1.165, 1.54) is 6.08 Å². The minimum Gasteiger partial charge on any atom is -1.00 e. The van der Waals surface area contributed by atoms with Crippen molar-refractivity contribution in [2.45, 2.75) is 4.90 Å². The van der Waals surface area contributed by atoms with E-state index in [9.17, 15) is 13.0 Å². The van der Waals surface area contributed by atoms with Gasteiger partial charge in [-0.15, -0.1) is 0 Å². The molecule has 2 aromatic rings. The minimum atomic E-state index is -4.24. The Bertz CT molecular complexity index is 668. The van der Waals surface area contributed by atoms with Crippen molar-refractivity contribution in [3.05, 3.63) is 48.5 Å². The summed E-state index contributed by atoms with van der Waals surface area (Å²) in [5.74, 6) is 0. The third-order valence-electron chi connectivity index (χ3n) is 2.39. The summed E-state index contributed by atoms with van der Waals surface area (Å²) in [7, 11) is -4.24. The molecule has 0 fully saturated rings. The Morgan fingerprint density at radius 1 is 1.18 bits per heavy atom. The molecule has 0 saturated heterocycles. The summed E-state index contributed by atoms with van der Waals surface area (Å²) in [6, 6.07) is 10.4. The van der Waals surface area contributed by atoms with E-state index in [2.05, 4.69) is 6.58 Å². The van der Waals surface area contributed by atoms with Gasteiger partial charge in [0, 0.05) is 5.39 Å². The molecule has 84 valence electrons. The summed E-state index contributed by atoms with van der Waals surface area (Å²) in [6.45, 7) is 3.54. The van der Waals surface area contributed by atoms with Gasteiger partial charge in [-0.3, -0.25) is 4.55 Å². The topological polar surface area (TPSA) is 54.4 Å². The Labute approximate surface area is 124 Å². The van der Waals surface area contributed by atoms with Crippen molar-refractivity contribution in [1.82, 2.24) is 0 Å². The van der Waals surface area contributed by atoms with Crippen molar-refractivity contribution >= 4 is 27.0 Å². The first-order chi connectivity index (χ1) is 7.54. The molecule has 0 atom stereocenters. The predicted octanol–water partition coefficient (Wildman–Crippen LogP) is -0.154. The summed E-state index contributed by atoms with van der Waals surface area (Å²) < 4.78 is 31.9. The smallest absolute Gasteiger partial charge is 1.00 e. The second kappa shape index (κ2) is 5.33. The SMILES string of the molecule is C=Cc1ccc2ccccc2c1S(=O)(=O)O.[H-].[Na+]. The van der Waals surface area contributed by atoms with E-state index in [0.717, 1.165) is 5.39 Å². The first-order valence-electron chi connectivity index (χ1n) is 4.65. The first kappa shape index (κ1) is 14.4. The molecule has 3 nitrogen and oxygen atoms in total. The number of hydrogen-bond acceptors (Lipinski definition) is 2. The Hall–Kier alpha value is -0.650. The molecule has 17 heavy (non-hydrogen) atoms. The van der Waals surface area contributed by atoms with Crippen LogP contribution in [-0.4, -0.2) is 13.0 Å². The van der Waals surface area contributed by atoms with Gasteiger partial charge in [0.2, 0.25) is 0 Å². The van der Waals surface area contributed by atoms with Crippen molar-refractivity contribution in [1.29, 1.82) is 0 Å². The fourth-order valence-corrected chi connectivity index (χ4v) is 2.62. The van der Waals surface area contributed by atoms with E-state index in [4.69, 9.17) is 0 Å². The predicted molar refractivity (Wildman–Crippen MR) is 65.0 cm³/mol. The van der Waals surface area contributed by atoms with Gasteiger partial charge in [0.25, 0.3) is 10.1 Å². The van der Waals surface area contributed by atoms with Crippen molar-refractivity contribution in [3.63, 3.8) is 0 Å². The average Bonchev–Trinajstić information content (AvgIpc) is 2.26. The van der Waals surface area contributed by atoms with Crippen LogP contribution in [0.25, 0.3) is 16.8 Å². The molecule has 1 N–H and O–H groups in total. The van der Waals surface area contributed by atoms with Crippen LogP contribution in [0.4, 0.5) is 0 Å². The number of fused-ring (bicyclic) bond motifs is 1. The van der Waals surface area contributed by atoms with E-state index in [-0.39, 0.29) is 35.9 Å². The fourth-order valence-electron chi connectivity index (χ4n) is 1.71. The molecular weight excluding hydrogens is 247 g/mol. The van der Waals surface area contributed by atoms with Crippen LogP contribution in [0.3, 0.4) is 0 Å². The van der Waals surface area contributed by atoms with E-state index in [1.807, 2.05) is 6.07 Å². The van der Waals surface area contributed by atoms with Gasteiger partial charge >= 0.3 is 29.6 Å². The van der Waals surface area contributed by atoms with Crippen molar-refractivity contribution < 1.29 is 44.0 Å². The summed E-state index contributed by atoms with van der Waals surface area (Å²) in [5, 5.41) is 1.27. The Morgan fingerprint density at radius 3 is 2.41 bits per heavy atom. The van der Waals surface area contributed by atoms with Gasteiger partial charge in [-0.25, -0.2) is 0 Å². The van der Waals surface area contributed by atoms with Crippen LogP contribution >= 0.6 is 0 Å². The van der Waals surface area contributed by atoms with Crippen LogP contribution in [0, 0.1) is 0 Å². The fraction of sp³-hybridized carbons (Fsp3) is 0. The maximum atomic E-state index is 11.3. The summed E-state index contributed by atoms with van der Waals surface area (Å²) in [6.07, 6.45) is 1.41. The quantitative estimate of drug-likeness (QED) is 0.602. The molecular formula is C12H11NaO3S. The van der Waals surface area contributed by atoms with Crippen LogP contribution in [0.5, 0.6) is 0 Å². The average molecular weight is 258 g/mol. The standard InChI is InChI=1S/C12H10O3S.Na.H/c1-2-9-7-8-10-5-3-4-6-11(10)12(9)16(13,14)15;;/h2-8H,1H2,(H,13,14,15);;/q;+1;-1. The van der Waals surface area contributed by atoms with Crippen LogP contribution in [0.15, 0.2) is 47.9 Å². The van der Waals surface area contributed by atoms with Crippen LogP contribution in [0.2, 0.25) is 0 Å². The number of hydrogen-bond donors (Lipinski definition) is 1. The summed E-state index contributed by atoms with van der Waals surface area (Å²) in [4.78, 5) is -0.0828. The van der Waals surface area contributed by atoms with Crippen molar-refractivity contribution in [3.8, 4) is 0 Å². The number of rotatable bonds is 2. The monoisotopic (exact) mass is 258 g/mol. The summed E-state index contributed by atoms with van der Waals surface area (Å²) >= 11 is 0. The van der Waals surface area contributed by atoms with E-state index < -0.39 is 10.1 Å². The molecule has 0 amide bonds. The molecule has 0 aliphatic rings. The maximum absolute atomic E-state index is 11.3. The van der Waals surface area contributed by atoms with E-state index in [0.29, 0.717) is 10.9 Å². The third kappa shape index (κ3) is 2.78. The van der Waals surface area contributed by atoms with Crippen molar-refractivity contribution in [2.75, 3.05) is 0 Å². The zero-order valence-electron chi connectivity index (χ0n) is 10.4. The molecule has 0 aliphatic heterocycles. The normalized spacial score (nSPS) is 10.9. The van der Waals surface area contributed by atoms with E-state index >= 15 is 0 Å². The molecule has 5 heteroatoms. The second-order valence-corrected chi connectivity index (χ2v) is 4.74. The molecule has 0 spiro atoms. The van der Waals surface area contributed by atoms with Gasteiger partial charge in [0.15, 0.2) is 0 Å².